The number of thioether (sulfide) groups is 1. The summed E-state index contributed by atoms with van der Waals surface area (Å²) in [7, 11) is 0. The minimum atomic E-state index is -0.170. The molecule has 0 atom stereocenters. The number of piperidine rings is 1. The van der Waals surface area contributed by atoms with Gasteiger partial charge in [0.1, 0.15) is 0 Å². The van der Waals surface area contributed by atoms with Crippen LogP contribution in [0.4, 0.5) is 0 Å². The lowest BCUT2D eigenvalue weighted by Crippen LogP contribution is -2.49. The molecule has 0 bridgehead atoms. The summed E-state index contributed by atoms with van der Waals surface area (Å²) in [5.74, 6) is 0.240. The lowest BCUT2D eigenvalue weighted by atomic mass is 9.80. The van der Waals surface area contributed by atoms with Crippen molar-refractivity contribution >= 4 is 17.7 Å². The van der Waals surface area contributed by atoms with E-state index in [1.165, 1.54) is 0 Å². The van der Waals surface area contributed by atoms with Crippen molar-refractivity contribution in [1.82, 2.24) is 10.6 Å². The number of hydrogen-bond acceptors (Lipinski definition) is 3. The largest absolute Gasteiger partial charge is 0.354 e. The predicted molar refractivity (Wildman–Crippen MR) is 80.0 cm³/mol. The maximum Gasteiger partial charge on any atom is 0.226 e. The summed E-state index contributed by atoms with van der Waals surface area (Å²) in [6.45, 7) is 9.22. The van der Waals surface area contributed by atoms with E-state index in [0.717, 1.165) is 45.3 Å². The third-order valence-electron chi connectivity index (χ3n) is 4.55. The highest BCUT2D eigenvalue weighted by molar-refractivity contribution is 8.00. The maximum absolute atomic E-state index is 12.4. The van der Waals surface area contributed by atoms with Crippen molar-refractivity contribution in [1.29, 1.82) is 0 Å². The number of carbonyl (C=O) groups is 1. The second kappa shape index (κ2) is 6.80. The summed E-state index contributed by atoms with van der Waals surface area (Å²) in [4.78, 5) is 12.4. The van der Waals surface area contributed by atoms with E-state index in [9.17, 15) is 4.79 Å². The average molecular weight is 272 g/mol. The molecule has 0 radical (unpaired) electrons. The minimum Gasteiger partial charge on any atom is -0.354 e. The van der Waals surface area contributed by atoms with Gasteiger partial charge in [-0.05, 0) is 45.0 Å². The Morgan fingerprint density at radius 1 is 1.33 bits per heavy atom. The molecule has 1 aliphatic heterocycles. The Balaban J connectivity index is 2.54. The third kappa shape index (κ3) is 3.64. The summed E-state index contributed by atoms with van der Waals surface area (Å²) < 4.78 is 0.207. The van der Waals surface area contributed by atoms with Crippen LogP contribution in [0, 0.1) is 5.41 Å². The van der Waals surface area contributed by atoms with E-state index in [0.29, 0.717) is 0 Å². The van der Waals surface area contributed by atoms with Crippen LogP contribution < -0.4 is 10.6 Å². The van der Waals surface area contributed by atoms with Crippen LogP contribution in [0.1, 0.15) is 46.5 Å². The van der Waals surface area contributed by atoms with Crippen molar-refractivity contribution in [2.24, 2.45) is 5.41 Å². The van der Waals surface area contributed by atoms with Crippen LogP contribution >= 0.6 is 11.8 Å². The smallest absolute Gasteiger partial charge is 0.226 e. The van der Waals surface area contributed by atoms with Crippen molar-refractivity contribution in [3.63, 3.8) is 0 Å². The molecule has 1 amide bonds. The molecule has 0 unspecified atom stereocenters. The van der Waals surface area contributed by atoms with Gasteiger partial charge in [-0.25, -0.2) is 0 Å². The van der Waals surface area contributed by atoms with Gasteiger partial charge in [0.25, 0.3) is 0 Å². The number of carbonyl (C=O) groups excluding carboxylic acids is 1. The molecule has 4 heteroatoms. The lowest BCUT2D eigenvalue weighted by Gasteiger charge is -2.35. The summed E-state index contributed by atoms with van der Waals surface area (Å²) in [6, 6.07) is 0. The number of rotatable bonds is 6. The summed E-state index contributed by atoms with van der Waals surface area (Å²) in [5.41, 5.74) is -0.170. The number of nitrogens with one attached hydrogen (secondary N) is 2. The van der Waals surface area contributed by atoms with E-state index >= 15 is 0 Å². The summed E-state index contributed by atoms with van der Waals surface area (Å²) in [6.07, 6.45) is 6.24. The first kappa shape index (κ1) is 15.8. The molecular weight excluding hydrogens is 244 g/mol. The minimum absolute atomic E-state index is 0.170. The van der Waals surface area contributed by atoms with Crippen LogP contribution in [-0.4, -0.2) is 36.5 Å². The Labute approximate surface area is 116 Å². The molecular formula is C14H28N2OS. The Morgan fingerprint density at radius 2 is 1.89 bits per heavy atom. The van der Waals surface area contributed by atoms with Crippen LogP contribution in [0.15, 0.2) is 0 Å². The molecule has 2 N–H and O–H groups in total. The second-order valence-electron chi connectivity index (χ2n) is 5.59. The molecule has 0 saturated carbocycles. The SMILES string of the molecule is CCC(CC)(CNC(=O)C1(C)CCNCC1)SC. The van der Waals surface area contributed by atoms with Crippen molar-refractivity contribution in [2.45, 2.75) is 51.2 Å². The molecule has 1 heterocycles. The zero-order valence-corrected chi connectivity index (χ0v) is 13.1. The first-order valence-electron chi connectivity index (χ1n) is 7.06. The monoisotopic (exact) mass is 272 g/mol. The molecule has 1 fully saturated rings. The Kier molecular flexibility index (Phi) is 5.99. The molecule has 3 nitrogen and oxygen atoms in total. The molecule has 0 aromatic heterocycles. The van der Waals surface area contributed by atoms with Gasteiger partial charge in [-0.3, -0.25) is 4.79 Å². The quantitative estimate of drug-likeness (QED) is 0.780. The van der Waals surface area contributed by atoms with E-state index in [-0.39, 0.29) is 16.1 Å². The predicted octanol–water partition coefficient (Wildman–Crippen LogP) is 2.41. The van der Waals surface area contributed by atoms with Gasteiger partial charge in [-0.2, -0.15) is 11.8 Å². The fourth-order valence-corrected chi connectivity index (χ4v) is 3.32. The van der Waals surface area contributed by atoms with E-state index in [2.05, 4.69) is 37.7 Å². The van der Waals surface area contributed by atoms with Gasteiger partial charge < -0.3 is 10.6 Å². The van der Waals surface area contributed by atoms with Crippen molar-refractivity contribution in [3.05, 3.63) is 0 Å². The van der Waals surface area contributed by atoms with Crippen LogP contribution in [0.25, 0.3) is 0 Å². The van der Waals surface area contributed by atoms with Gasteiger partial charge >= 0.3 is 0 Å². The number of amides is 1. The summed E-state index contributed by atoms with van der Waals surface area (Å²) in [5, 5.41) is 6.52. The van der Waals surface area contributed by atoms with E-state index in [4.69, 9.17) is 0 Å². The standard InChI is InChI=1S/C14H28N2OS/c1-5-14(6-2,18-4)11-16-12(17)13(3)7-9-15-10-8-13/h15H,5-11H2,1-4H3,(H,16,17). The third-order valence-corrected chi connectivity index (χ3v) is 6.14. The van der Waals surface area contributed by atoms with Crippen molar-refractivity contribution < 1.29 is 4.79 Å². The second-order valence-corrected chi connectivity index (χ2v) is 6.86. The highest BCUT2D eigenvalue weighted by Crippen LogP contribution is 2.31. The van der Waals surface area contributed by atoms with Gasteiger partial charge in [0.15, 0.2) is 0 Å². The number of hydrogen-bond donors (Lipinski definition) is 2. The highest BCUT2D eigenvalue weighted by Gasteiger charge is 2.35. The molecule has 0 aromatic carbocycles. The van der Waals surface area contributed by atoms with Crippen LogP contribution in [0.3, 0.4) is 0 Å². The fraction of sp³-hybridized carbons (Fsp3) is 0.929. The molecule has 1 aliphatic rings. The molecule has 106 valence electrons. The fourth-order valence-electron chi connectivity index (χ4n) is 2.52. The van der Waals surface area contributed by atoms with E-state index in [1.54, 1.807) is 0 Å². The van der Waals surface area contributed by atoms with Crippen LogP contribution in [-0.2, 0) is 4.79 Å². The van der Waals surface area contributed by atoms with Crippen LogP contribution in [0.2, 0.25) is 0 Å². The van der Waals surface area contributed by atoms with Gasteiger partial charge in [-0.15, -0.1) is 0 Å². The Bertz CT molecular complexity index is 263. The molecule has 0 aromatic rings. The van der Waals surface area contributed by atoms with Gasteiger partial charge in [0, 0.05) is 16.7 Å². The van der Waals surface area contributed by atoms with E-state index in [1.807, 2.05) is 11.8 Å². The molecule has 1 saturated heterocycles. The van der Waals surface area contributed by atoms with Gasteiger partial charge in [0.2, 0.25) is 5.91 Å². The van der Waals surface area contributed by atoms with Gasteiger partial charge in [-0.1, -0.05) is 20.8 Å². The summed E-state index contributed by atoms with van der Waals surface area (Å²) >= 11 is 1.88. The van der Waals surface area contributed by atoms with Gasteiger partial charge in [0.05, 0.1) is 0 Å². The van der Waals surface area contributed by atoms with E-state index < -0.39 is 0 Å². The highest BCUT2D eigenvalue weighted by atomic mass is 32.2. The topological polar surface area (TPSA) is 41.1 Å². The van der Waals surface area contributed by atoms with Crippen molar-refractivity contribution in [2.75, 3.05) is 25.9 Å². The Morgan fingerprint density at radius 3 is 2.33 bits per heavy atom. The lowest BCUT2D eigenvalue weighted by molar-refractivity contribution is -0.131. The first-order valence-corrected chi connectivity index (χ1v) is 8.28. The zero-order valence-electron chi connectivity index (χ0n) is 12.3. The molecule has 0 spiro atoms. The van der Waals surface area contributed by atoms with Crippen LogP contribution in [0.5, 0.6) is 0 Å². The normalized spacial score (nSPS) is 19.6. The Hall–Kier alpha value is -0.220. The first-order chi connectivity index (χ1) is 8.52. The average Bonchev–Trinajstić information content (AvgIpc) is 2.41. The zero-order chi connectivity index (χ0) is 13.6. The maximum atomic E-state index is 12.4. The van der Waals surface area contributed by atoms with Crippen molar-refractivity contribution in [3.8, 4) is 0 Å². The molecule has 1 rings (SSSR count). The molecule has 0 aliphatic carbocycles. The molecule has 18 heavy (non-hydrogen) atoms.